The maximum Gasteiger partial charge on any atom is -0.0118 e. The first-order chi connectivity index (χ1) is 11.3. The summed E-state index contributed by atoms with van der Waals surface area (Å²) < 4.78 is 0. The average Bonchev–Trinajstić information content (AvgIpc) is 2.61. The Morgan fingerprint density at radius 1 is 1.00 bits per heavy atom. The molecule has 0 aromatic heterocycles. The van der Waals surface area contributed by atoms with E-state index in [1.54, 1.807) is 11.1 Å². The quantitative estimate of drug-likeness (QED) is 0.592. The smallest absolute Gasteiger partial charge is 0.0118 e. The van der Waals surface area contributed by atoms with Gasteiger partial charge in [0.05, 0.1) is 0 Å². The Hall–Kier alpha value is -1.82. The van der Waals surface area contributed by atoms with E-state index in [0.717, 1.165) is 19.3 Å². The molecule has 0 amide bonds. The van der Waals surface area contributed by atoms with Crippen LogP contribution in [0.3, 0.4) is 0 Å². The van der Waals surface area contributed by atoms with Crippen molar-refractivity contribution < 1.29 is 0 Å². The lowest BCUT2D eigenvalue weighted by Gasteiger charge is -2.25. The highest BCUT2D eigenvalue weighted by Gasteiger charge is 2.20. The van der Waals surface area contributed by atoms with Crippen molar-refractivity contribution in [2.24, 2.45) is 0 Å². The largest absolute Gasteiger partial charge is 0.0917 e. The summed E-state index contributed by atoms with van der Waals surface area (Å²) in [6, 6.07) is 16.5. The Labute approximate surface area is 141 Å². The van der Waals surface area contributed by atoms with Crippen LogP contribution < -0.4 is 0 Å². The van der Waals surface area contributed by atoms with Crippen molar-refractivity contribution in [2.75, 3.05) is 0 Å². The molecule has 1 atom stereocenters. The highest BCUT2D eigenvalue weighted by molar-refractivity contribution is 5.37. The van der Waals surface area contributed by atoms with Gasteiger partial charge in [0.1, 0.15) is 0 Å². The van der Waals surface area contributed by atoms with Gasteiger partial charge in [-0.25, -0.2) is 0 Å². The molecule has 0 saturated heterocycles. The van der Waals surface area contributed by atoms with Crippen LogP contribution in [0.15, 0.2) is 54.6 Å². The maximum atomic E-state index is 2.43. The van der Waals surface area contributed by atoms with Gasteiger partial charge in [-0.1, -0.05) is 61.5 Å². The topological polar surface area (TPSA) is 0 Å². The summed E-state index contributed by atoms with van der Waals surface area (Å²) >= 11 is 0. The molecular formula is C23H28. The van der Waals surface area contributed by atoms with E-state index in [-0.39, 0.29) is 0 Å². The van der Waals surface area contributed by atoms with E-state index < -0.39 is 0 Å². The molecule has 0 heteroatoms. The zero-order valence-corrected chi connectivity index (χ0v) is 14.5. The number of fused-ring (bicyclic) bond motifs is 1. The second-order valence-electron chi connectivity index (χ2n) is 6.75. The molecule has 0 heterocycles. The minimum Gasteiger partial charge on any atom is -0.0917 e. The molecule has 23 heavy (non-hydrogen) atoms. The summed E-state index contributed by atoms with van der Waals surface area (Å²) in [5.74, 6) is 0.694. The number of hydrogen-bond acceptors (Lipinski definition) is 0. The fourth-order valence-corrected chi connectivity index (χ4v) is 3.69. The van der Waals surface area contributed by atoms with E-state index in [4.69, 9.17) is 0 Å². The van der Waals surface area contributed by atoms with Crippen LogP contribution in [0.5, 0.6) is 0 Å². The molecule has 0 aliphatic heterocycles. The molecule has 0 nitrogen and oxygen atoms in total. The van der Waals surface area contributed by atoms with Crippen molar-refractivity contribution >= 4 is 0 Å². The zero-order chi connectivity index (χ0) is 16.1. The van der Waals surface area contributed by atoms with Gasteiger partial charge in [-0.3, -0.25) is 0 Å². The van der Waals surface area contributed by atoms with Crippen LogP contribution in [-0.2, 0) is 25.7 Å². The number of hydrogen-bond donors (Lipinski definition) is 0. The van der Waals surface area contributed by atoms with Gasteiger partial charge in [-0.15, -0.1) is 0 Å². The lowest BCUT2D eigenvalue weighted by molar-refractivity contribution is 0.584. The molecule has 1 unspecified atom stereocenters. The third-order valence-corrected chi connectivity index (χ3v) is 5.19. The minimum atomic E-state index is 0.694. The van der Waals surface area contributed by atoms with Crippen molar-refractivity contribution in [1.29, 1.82) is 0 Å². The van der Waals surface area contributed by atoms with Gasteiger partial charge in [0, 0.05) is 0 Å². The summed E-state index contributed by atoms with van der Waals surface area (Å²) in [6.45, 7) is 4.33. The van der Waals surface area contributed by atoms with E-state index in [1.165, 1.54) is 36.0 Å². The normalized spacial score (nSPS) is 17.4. The first-order valence-electron chi connectivity index (χ1n) is 9.10. The molecule has 1 aliphatic rings. The van der Waals surface area contributed by atoms with Crippen LogP contribution in [0, 0.1) is 0 Å². The Bertz CT molecular complexity index is 661. The van der Waals surface area contributed by atoms with Gasteiger partial charge in [0.15, 0.2) is 0 Å². The number of benzene rings is 2. The number of allylic oxidation sites excluding steroid dienone is 2. The zero-order valence-electron chi connectivity index (χ0n) is 14.5. The van der Waals surface area contributed by atoms with E-state index >= 15 is 0 Å². The molecule has 0 saturated carbocycles. The van der Waals surface area contributed by atoms with Crippen molar-refractivity contribution in [2.45, 2.75) is 58.3 Å². The molecule has 0 fully saturated rings. The van der Waals surface area contributed by atoms with Crippen molar-refractivity contribution in [3.63, 3.8) is 0 Å². The van der Waals surface area contributed by atoms with E-state index in [9.17, 15) is 0 Å². The fourth-order valence-electron chi connectivity index (χ4n) is 3.69. The Morgan fingerprint density at radius 2 is 1.78 bits per heavy atom. The van der Waals surface area contributed by atoms with Crippen LogP contribution in [0.1, 0.15) is 60.4 Å². The molecular weight excluding hydrogens is 276 g/mol. The van der Waals surface area contributed by atoms with Crippen molar-refractivity contribution in [3.05, 3.63) is 82.4 Å². The van der Waals surface area contributed by atoms with Crippen molar-refractivity contribution in [1.82, 2.24) is 0 Å². The Kier molecular flexibility index (Phi) is 5.33. The maximum absolute atomic E-state index is 2.43. The molecule has 0 N–H and O–H groups in total. The SMILES string of the molecule is C/C=C/CCc1ccc(C2CCc3cc(CC)ccc3C2)cc1. The van der Waals surface area contributed by atoms with Gasteiger partial charge in [0.25, 0.3) is 0 Å². The van der Waals surface area contributed by atoms with E-state index in [2.05, 4.69) is 68.5 Å². The summed E-state index contributed by atoms with van der Waals surface area (Å²) in [5.41, 5.74) is 7.60. The van der Waals surface area contributed by atoms with Crippen LogP contribution in [0.4, 0.5) is 0 Å². The molecule has 3 rings (SSSR count). The van der Waals surface area contributed by atoms with E-state index in [0.29, 0.717) is 5.92 Å². The first-order valence-corrected chi connectivity index (χ1v) is 9.10. The summed E-state index contributed by atoms with van der Waals surface area (Å²) in [6.07, 6.45) is 11.6. The van der Waals surface area contributed by atoms with Crippen molar-refractivity contribution in [3.8, 4) is 0 Å². The number of aryl methyl sites for hydroxylation is 3. The van der Waals surface area contributed by atoms with Gasteiger partial charge >= 0.3 is 0 Å². The molecule has 2 aromatic rings. The van der Waals surface area contributed by atoms with E-state index in [1.807, 2.05) is 0 Å². The molecule has 0 spiro atoms. The molecule has 120 valence electrons. The molecule has 2 aromatic carbocycles. The first kappa shape index (κ1) is 16.1. The molecule has 0 bridgehead atoms. The van der Waals surface area contributed by atoms with Gasteiger partial charge in [-0.05, 0) is 79.2 Å². The lowest BCUT2D eigenvalue weighted by atomic mass is 9.79. The lowest BCUT2D eigenvalue weighted by Crippen LogP contribution is -2.13. The van der Waals surface area contributed by atoms with Crippen LogP contribution >= 0.6 is 0 Å². The Balaban J connectivity index is 1.68. The highest BCUT2D eigenvalue weighted by atomic mass is 14.2. The van der Waals surface area contributed by atoms with Crippen LogP contribution in [0.2, 0.25) is 0 Å². The average molecular weight is 304 g/mol. The minimum absolute atomic E-state index is 0.694. The predicted octanol–water partition coefficient (Wildman–Crippen LogP) is 6.03. The summed E-state index contributed by atoms with van der Waals surface area (Å²) in [7, 11) is 0. The van der Waals surface area contributed by atoms with Crippen LogP contribution in [-0.4, -0.2) is 0 Å². The second-order valence-corrected chi connectivity index (χ2v) is 6.75. The standard InChI is InChI=1S/C23H28/c1-3-5-6-7-19-9-11-20(12-10-19)22-15-14-21-16-18(4-2)8-13-23(21)17-22/h3,5,8-13,16,22H,4,6-7,14-15,17H2,1-2H3/b5-3+. The van der Waals surface area contributed by atoms with Gasteiger partial charge in [-0.2, -0.15) is 0 Å². The third kappa shape index (κ3) is 3.93. The summed E-state index contributed by atoms with van der Waals surface area (Å²) in [4.78, 5) is 0. The van der Waals surface area contributed by atoms with Crippen LogP contribution in [0.25, 0.3) is 0 Å². The van der Waals surface area contributed by atoms with Gasteiger partial charge < -0.3 is 0 Å². The highest BCUT2D eigenvalue weighted by Crippen LogP contribution is 2.33. The summed E-state index contributed by atoms with van der Waals surface area (Å²) in [5, 5.41) is 0. The van der Waals surface area contributed by atoms with Gasteiger partial charge in [0.2, 0.25) is 0 Å². The third-order valence-electron chi connectivity index (χ3n) is 5.19. The number of rotatable bonds is 5. The monoisotopic (exact) mass is 304 g/mol. The molecule has 0 radical (unpaired) electrons. The predicted molar refractivity (Wildman–Crippen MR) is 100 cm³/mol. The fraction of sp³-hybridized carbons (Fsp3) is 0.391. The Morgan fingerprint density at radius 3 is 2.52 bits per heavy atom. The second kappa shape index (κ2) is 7.64. The molecule has 1 aliphatic carbocycles.